The molecule has 3 aromatic heterocycles. The second-order valence-corrected chi connectivity index (χ2v) is 7.77. The summed E-state index contributed by atoms with van der Waals surface area (Å²) in [5, 5.41) is 5.89. The summed E-state index contributed by atoms with van der Waals surface area (Å²) in [5.41, 5.74) is 0.954. The van der Waals surface area contributed by atoms with Gasteiger partial charge < -0.3 is 9.73 Å². The van der Waals surface area contributed by atoms with E-state index >= 15 is 0 Å². The van der Waals surface area contributed by atoms with Gasteiger partial charge in [-0.25, -0.2) is 15.0 Å². The number of piperidine rings is 1. The molecule has 3 aromatic rings. The van der Waals surface area contributed by atoms with Gasteiger partial charge in [-0.2, -0.15) is 0 Å². The van der Waals surface area contributed by atoms with E-state index in [-0.39, 0.29) is 11.8 Å². The molecule has 1 aliphatic rings. The summed E-state index contributed by atoms with van der Waals surface area (Å²) in [6, 6.07) is 5.66. The highest BCUT2D eigenvalue weighted by Gasteiger charge is 2.26. The quantitative estimate of drug-likeness (QED) is 0.660. The molecule has 0 bridgehead atoms. The Morgan fingerprint density at radius 2 is 2.21 bits per heavy atom. The summed E-state index contributed by atoms with van der Waals surface area (Å²) >= 11 is 1.53. The summed E-state index contributed by atoms with van der Waals surface area (Å²) < 4.78 is 5.42. The van der Waals surface area contributed by atoms with Gasteiger partial charge in [0.25, 0.3) is 0 Å². The van der Waals surface area contributed by atoms with Gasteiger partial charge in [-0.3, -0.25) is 9.69 Å². The normalized spacial score (nSPS) is 17.5. The van der Waals surface area contributed by atoms with E-state index in [0.29, 0.717) is 18.8 Å². The highest BCUT2D eigenvalue weighted by Crippen LogP contribution is 2.20. The van der Waals surface area contributed by atoms with E-state index in [1.807, 2.05) is 17.5 Å². The van der Waals surface area contributed by atoms with Crippen LogP contribution < -0.4 is 5.32 Å². The maximum Gasteiger partial charge on any atom is 0.224 e. The standard InChI is InChI=1S/C20H23N5O2S/c26-19(15-4-1-10-25(12-15)13-17-5-2-11-27-17)23-9-6-16-14-28-20(24-16)18-21-7-3-8-22-18/h2-3,5,7-8,11,14-15H,1,4,6,9-10,12-13H2,(H,23,26). The van der Waals surface area contributed by atoms with Crippen molar-refractivity contribution in [3.63, 3.8) is 0 Å². The molecule has 1 N–H and O–H groups in total. The number of nitrogens with one attached hydrogen (secondary N) is 1. The summed E-state index contributed by atoms with van der Waals surface area (Å²) in [5.74, 6) is 1.75. The second kappa shape index (κ2) is 9.07. The van der Waals surface area contributed by atoms with Crippen molar-refractivity contribution >= 4 is 17.2 Å². The predicted octanol–water partition coefficient (Wildman–Crippen LogP) is 2.76. The smallest absolute Gasteiger partial charge is 0.224 e. The lowest BCUT2D eigenvalue weighted by Crippen LogP contribution is -2.43. The molecule has 0 saturated carbocycles. The van der Waals surface area contributed by atoms with Crippen LogP contribution in [0.5, 0.6) is 0 Å². The van der Waals surface area contributed by atoms with Gasteiger partial charge in [-0.1, -0.05) is 0 Å². The molecule has 1 unspecified atom stereocenters. The van der Waals surface area contributed by atoms with E-state index in [1.165, 1.54) is 11.3 Å². The van der Waals surface area contributed by atoms with Gasteiger partial charge in [0.05, 0.1) is 24.4 Å². The van der Waals surface area contributed by atoms with Crippen molar-refractivity contribution in [2.75, 3.05) is 19.6 Å². The molecule has 1 saturated heterocycles. The molecule has 1 atom stereocenters. The Bertz CT molecular complexity index is 881. The Labute approximate surface area is 167 Å². The molecular formula is C20H23N5O2S. The van der Waals surface area contributed by atoms with Crippen LogP contribution in [0.1, 0.15) is 24.3 Å². The fraction of sp³-hybridized carbons (Fsp3) is 0.400. The number of likely N-dealkylation sites (tertiary alicyclic amines) is 1. The number of carbonyl (C=O) groups excluding carboxylic acids is 1. The monoisotopic (exact) mass is 397 g/mol. The molecule has 0 aromatic carbocycles. The molecule has 0 spiro atoms. The first-order chi connectivity index (χ1) is 13.8. The van der Waals surface area contributed by atoms with Crippen LogP contribution in [-0.2, 0) is 17.8 Å². The lowest BCUT2D eigenvalue weighted by Gasteiger charge is -2.31. The Morgan fingerprint density at radius 3 is 3.04 bits per heavy atom. The summed E-state index contributed by atoms with van der Waals surface area (Å²) in [6.45, 7) is 3.14. The molecule has 28 heavy (non-hydrogen) atoms. The van der Waals surface area contributed by atoms with Crippen molar-refractivity contribution < 1.29 is 9.21 Å². The van der Waals surface area contributed by atoms with Gasteiger partial charge in [0, 0.05) is 37.3 Å². The lowest BCUT2D eigenvalue weighted by atomic mass is 9.97. The van der Waals surface area contributed by atoms with Crippen molar-refractivity contribution in [1.82, 2.24) is 25.2 Å². The molecule has 4 heterocycles. The molecule has 0 aliphatic carbocycles. The van der Waals surface area contributed by atoms with Gasteiger partial charge in [0.15, 0.2) is 10.8 Å². The van der Waals surface area contributed by atoms with E-state index in [4.69, 9.17) is 4.42 Å². The minimum absolute atomic E-state index is 0.0347. The third kappa shape index (κ3) is 4.82. The highest BCUT2D eigenvalue weighted by molar-refractivity contribution is 7.13. The molecule has 1 amide bonds. The number of furan rings is 1. The van der Waals surface area contributed by atoms with Crippen molar-refractivity contribution in [1.29, 1.82) is 0 Å². The van der Waals surface area contributed by atoms with E-state index in [9.17, 15) is 4.79 Å². The van der Waals surface area contributed by atoms with Crippen LogP contribution in [0.3, 0.4) is 0 Å². The van der Waals surface area contributed by atoms with Crippen LogP contribution >= 0.6 is 11.3 Å². The zero-order valence-electron chi connectivity index (χ0n) is 15.6. The van der Waals surface area contributed by atoms with Crippen LogP contribution in [-0.4, -0.2) is 45.4 Å². The van der Waals surface area contributed by atoms with E-state index in [0.717, 1.165) is 48.9 Å². The second-order valence-electron chi connectivity index (χ2n) is 6.91. The zero-order chi connectivity index (χ0) is 19.2. The first-order valence-electron chi connectivity index (χ1n) is 9.52. The molecule has 4 rings (SSSR count). The summed E-state index contributed by atoms with van der Waals surface area (Å²) in [4.78, 5) is 27.9. The van der Waals surface area contributed by atoms with E-state index < -0.39 is 0 Å². The van der Waals surface area contributed by atoms with Crippen molar-refractivity contribution in [3.05, 3.63) is 53.7 Å². The van der Waals surface area contributed by atoms with Crippen LogP contribution in [0.2, 0.25) is 0 Å². The number of amides is 1. The predicted molar refractivity (Wildman–Crippen MR) is 107 cm³/mol. The number of aromatic nitrogens is 3. The van der Waals surface area contributed by atoms with E-state index in [1.54, 1.807) is 24.7 Å². The minimum Gasteiger partial charge on any atom is -0.468 e. The maximum atomic E-state index is 12.6. The highest BCUT2D eigenvalue weighted by atomic mass is 32.1. The molecule has 1 fully saturated rings. The van der Waals surface area contributed by atoms with Gasteiger partial charge in [-0.15, -0.1) is 11.3 Å². The third-order valence-corrected chi connectivity index (χ3v) is 5.71. The van der Waals surface area contributed by atoms with Gasteiger partial charge >= 0.3 is 0 Å². The number of thiazole rings is 1. The fourth-order valence-electron chi connectivity index (χ4n) is 3.43. The first-order valence-corrected chi connectivity index (χ1v) is 10.4. The molecule has 1 aliphatic heterocycles. The number of rotatable bonds is 7. The van der Waals surface area contributed by atoms with Crippen LogP contribution in [0.4, 0.5) is 0 Å². The Kier molecular flexibility index (Phi) is 6.08. The number of hydrogen-bond donors (Lipinski definition) is 1. The van der Waals surface area contributed by atoms with Gasteiger partial charge in [-0.05, 0) is 37.6 Å². The SMILES string of the molecule is O=C(NCCc1csc(-c2ncccn2)n1)C1CCCN(Cc2ccco2)C1. The third-order valence-electron chi connectivity index (χ3n) is 4.83. The van der Waals surface area contributed by atoms with Crippen LogP contribution in [0.25, 0.3) is 10.8 Å². The number of carbonyl (C=O) groups is 1. The lowest BCUT2D eigenvalue weighted by molar-refractivity contribution is -0.126. The van der Waals surface area contributed by atoms with Crippen molar-refractivity contribution in [2.45, 2.75) is 25.8 Å². The summed E-state index contributed by atoms with van der Waals surface area (Å²) in [7, 11) is 0. The molecule has 7 nitrogen and oxygen atoms in total. The molecular weight excluding hydrogens is 374 g/mol. The van der Waals surface area contributed by atoms with Crippen molar-refractivity contribution in [3.8, 4) is 10.8 Å². The van der Waals surface area contributed by atoms with Crippen molar-refractivity contribution in [2.24, 2.45) is 5.92 Å². The molecule has 0 radical (unpaired) electrons. The van der Waals surface area contributed by atoms with E-state index in [2.05, 4.69) is 25.2 Å². The minimum atomic E-state index is 0.0347. The Balaban J connectivity index is 1.24. The molecule has 8 heteroatoms. The number of hydrogen-bond acceptors (Lipinski definition) is 7. The zero-order valence-corrected chi connectivity index (χ0v) is 16.4. The van der Waals surface area contributed by atoms with Crippen LogP contribution in [0.15, 0.2) is 46.7 Å². The average molecular weight is 398 g/mol. The number of nitrogens with zero attached hydrogens (tertiary/aromatic N) is 4. The topological polar surface area (TPSA) is 84.2 Å². The Morgan fingerprint density at radius 1 is 1.32 bits per heavy atom. The maximum absolute atomic E-state index is 12.6. The first kappa shape index (κ1) is 18.8. The fourth-order valence-corrected chi connectivity index (χ4v) is 4.23. The van der Waals surface area contributed by atoms with Gasteiger partial charge in [0.2, 0.25) is 5.91 Å². The Hall–Kier alpha value is -2.58. The van der Waals surface area contributed by atoms with Crippen LogP contribution in [0, 0.1) is 5.92 Å². The molecule has 146 valence electrons. The summed E-state index contributed by atoms with van der Waals surface area (Å²) in [6.07, 6.45) is 7.79. The average Bonchev–Trinajstić information content (AvgIpc) is 3.41. The van der Waals surface area contributed by atoms with Gasteiger partial charge in [0.1, 0.15) is 5.76 Å². The largest absolute Gasteiger partial charge is 0.468 e.